The molecule has 6 heteroatoms. The summed E-state index contributed by atoms with van der Waals surface area (Å²) >= 11 is 0. The number of rotatable bonds is 7. The minimum atomic E-state index is 0.0111. The predicted octanol–water partition coefficient (Wildman–Crippen LogP) is 4.70. The quantitative estimate of drug-likeness (QED) is 0.516. The zero-order valence-electron chi connectivity index (χ0n) is 16.0. The zero-order chi connectivity index (χ0) is 19.8. The van der Waals surface area contributed by atoms with Crippen molar-refractivity contribution < 1.29 is 14.3 Å². The van der Waals surface area contributed by atoms with Crippen molar-refractivity contribution in [1.29, 1.82) is 0 Å². The van der Waals surface area contributed by atoms with Crippen LogP contribution >= 0.6 is 0 Å². The number of likely N-dealkylation sites (tertiary alicyclic amines) is 1. The van der Waals surface area contributed by atoms with Crippen molar-refractivity contribution in [3.8, 4) is 11.5 Å². The van der Waals surface area contributed by atoms with Crippen molar-refractivity contribution in [3.63, 3.8) is 0 Å². The molecular formula is C22H24N2O4. The molecule has 0 radical (unpaired) electrons. The number of hydrogen-bond acceptors (Lipinski definition) is 5. The molecule has 1 saturated heterocycles. The van der Waals surface area contributed by atoms with E-state index in [0.29, 0.717) is 22.7 Å². The Morgan fingerprint density at radius 3 is 2.68 bits per heavy atom. The average molecular weight is 380 g/mol. The van der Waals surface area contributed by atoms with Gasteiger partial charge in [-0.15, -0.1) is 4.91 Å². The molecule has 0 saturated carbocycles. The van der Waals surface area contributed by atoms with E-state index in [-0.39, 0.29) is 12.5 Å². The van der Waals surface area contributed by atoms with Crippen molar-refractivity contribution in [2.24, 2.45) is 5.18 Å². The van der Waals surface area contributed by atoms with Crippen LogP contribution in [0.1, 0.15) is 30.4 Å². The number of carbonyl (C=O) groups is 1. The molecule has 28 heavy (non-hydrogen) atoms. The van der Waals surface area contributed by atoms with Gasteiger partial charge < -0.3 is 14.4 Å². The molecule has 0 N–H and O–H groups in total. The van der Waals surface area contributed by atoms with Gasteiger partial charge in [0.2, 0.25) is 5.91 Å². The molecule has 0 atom stereocenters. The van der Waals surface area contributed by atoms with Crippen molar-refractivity contribution >= 4 is 17.7 Å². The molecule has 0 aliphatic carbocycles. The highest BCUT2D eigenvalue weighted by Gasteiger charge is 2.14. The standard InChI is InChI=1S/C22H24N2O4/c1-27-19-11-9-17(10-12-22(25)24-13-5-2-6-14-24)21(15-19)28-16-18-7-3-4-8-20(18)23-26/h3-4,7-12,15H,2,5-6,13-14,16H2,1H3/b12-10+. The van der Waals surface area contributed by atoms with Gasteiger partial charge in [0.25, 0.3) is 0 Å². The molecule has 1 heterocycles. The molecule has 1 fully saturated rings. The number of carbonyl (C=O) groups excluding carboxylic acids is 1. The van der Waals surface area contributed by atoms with Crippen molar-refractivity contribution in [1.82, 2.24) is 4.90 Å². The topological polar surface area (TPSA) is 68.2 Å². The Labute approximate surface area is 164 Å². The number of methoxy groups -OCH3 is 1. The number of nitrogens with zero attached hydrogens (tertiary/aromatic N) is 2. The van der Waals surface area contributed by atoms with E-state index in [1.54, 1.807) is 43.5 Å². The molecular weight excluding hydrogens is 356 g/mol. The third kappa shape index (κ3) is 4.97. The van der Waals surface area contributed by atoms with Gasteiger partial charge in [-0.05, 0) is 48.7 Å². The Morgan fingerprint density at radius 2 is 1.93 bits per heavy atom. The Bertz CT molecular complexity index is 857. The van der Waals surface area contributed by atoms with Crippen LogP contribution in [0, 0.1) is 4.91 Å². The molecule has 2 aromatic rings. The fourth-order valence-electron chi connectivity index (χ4n) is 3.16. The second kappa shape index (κ2) is 9.69. The van der Waals surface area contributed by atoms with Crippen LogP contribution in [-0.2, 0) is 11.4 Å². The summed E-state index contributed by atoms with van der Waals surface area (Å²) < 4.78 is 11.2. The van der Waals surface area contributed by atoms with Gasteiger partial charge in [0.05, 0.1) is 7.11 Å². The summed E-state index contributed by atoms with van der Waals surface area (Å²) in [4.78, 5) is 25.2. The maximum Gasteiger partial charge on any atom is 0.246 e. The summed E-state index contributed by atoms with van der Waals surface area (Å²) in [5.41, 5.74) is 1.81. The van der Waals surface area contributed by atoms with Gasteiger partial charge in [-0.3, -0.25) is 4.79 Å². The Kier molecular flexibility index (Phi) is 6.78. The first-order valence-electron chi connectivity index (χ1n) is 9.40. The van der Waals surface area contributed by atoms with Crippen LogP contribution in [0.3, 0.4) is 0 Å². The van der Waals surface area contributed by atoms with E-state index in [0.717, 1.165) is 31.5 Å². The van der Waals surface area contributed by atoms with Crippen LogP contribution in [0.2, 0.25) is 0 Å². The van der Waals surface area contributed by atoms with Gasteiger partial charge in [-0.2, -0.15) is 0 Å². The second-order valence-electron chi connectivity index (χ2n) is 6.63. The van der Waals surface area contributed by atoms with Gasteiger partial charge >= 0.3 is 0 Å². The molecule has 146 valence electrons. The first-order valence-corrected chi connectivity index (χ1v) is 9.40. The first-order chi connectivity index (χ1) is 13.7. The highest BCUT2D eigenvalue weighted by Crippen LogP contribution is 2.28. The van der Waals surface area contributed by atoms with Crippen LogP contribution in [0.4, 0.5) is 5.69 Å². The monoisotopic (exact) mass is 380 g/mol. The third-order valence-electron chi connectivity index (χ3n) is 4.77. The van der Waals surface area contributed by atoms with Crippen LogP contribution in [-0.4, -0.2) is 31.0 Å². The maximum atomic E-state index is 12.4. The van der Waals surface area contributed by atoms with Crippen LogP contribution in [0.5, 0.6) is 11.5 Å². The lowest BCUT2D eigenvalue weighted by molar-refractivity contribution is -0.126. The fraction of sp³-hybridized carbons (Fsp3) is 0.318. The van der Waals surface area contributed by atoms with E-state index in [4.69, 9.17) is 9.47 Å². The molecule has 3 rings (SSSR count). The molecule has 6 nitrogen and oxygen atoms in total. The summed E-state index contributed by atoms with van der Waals surface area (Å²) in [7, 11) is 1.58. The normalized spacial score (nSPS) is 14.1. The van der Waals surface area contributed by atoms with E-state index in [2.05, 4.69) is 5.18 Å². The molecule has 2 aromatic carbocycles. The summed E-state index contributed by atoms with van der Waals surface area (Å²) in [6.45, 7) is 1.81. The number of hydrogen-bond donors (Lipinski definition) is 0. The number of piperidine rings is 1. The lowest BCUT2D eigenvalue weighted by atomic mass is 10.1. The molecule has 1 aliphatic heterocycles. The molecule has 1 amide bonds. The summed E-state index contributed by atoms with van der Waals surface area (Å²) in [5, 5.41) is 3.03. The SMILES string of the molecule is COc1ccc(/C=C/C(=O)N2CCCCC2)c(OCc2ccccc2N=O)c1. The molecule has 0 spiro atoms. The van der Waals surface area contributed by atoms with Gasteiger partial charge in [0.15, 0.2) is 0 Å². The lowest BCUT2D eigenvalue weighted by Gasteiger charge is -2.25. The second-order valence-corrected chi connectivity index (χ2v) is 6.63. The van der Waals surface area contributed by atoms with E-state index < -0.39 is 0 Å². The van der Waals surface area contributed by atoms with Gasteiger partial charge in [-0.25, -0.2) is 0 Å². The molecule has 0 bridgehead atoms. The lowest BCUT2D eigenvalue weighted by Crippen LogP contribution is -2.34. The van der Waals surface area contributed by atoms with Gasteiger partial charge in [-0.1, -0.05) is 18.2 Å². The van der Waals surface area contributed by atoms with E-state index in [9.17, 15) is 9.70 Å². The number of nitroso groups, excluding NO2 is 1. The van der Waals surface area contributed by atoms with Gasteiger partial charge in [0, 0.05) is 36.4 Å². The highest BCUT2D eigenvalue weighted by molar-refractivity contribution is 5.92. The van der Waals surface area contributed by atoms with E-state index in [1.165, 1.54) is 6.42 Å². The zero-order valence-corrected chi connectivity index (χ0v) is 16.0. The largest absolute Gasteiger partial charge is 0.497 e. The van der Waals surface area contributed by atoms with E-state index >= 15 is 0 Å². The van der Waals surface area contributed by atoms with Crippen molar-refractivity contribution in [2.45, 2.75) is 25.9 Å². The minimum Gasteiger partial charge on any atom is -0.497 e. The van der Waals surface area contributed by atoms with Crippen LogP contribution in [0.15, 0.2) is 53.7 Å². The average Bonchev–Trinajstić information content (AvgIpc) is 2.77. The summed E-state index contributed by atoms with van der Waals surface area (Å²) in [6.07, 6.45) is 6.64. The van der Waals surface area contributed by atoms with Crippen LogP contribution in [0.25, 0.3) is 6.08 Å². The number of ether oxygens (including phenoxy) is 2. The van der Waals surface area contributed by atoms with Gasteiger partial charge in [0.1, 0.15) is 23.8 Å². The van der Waals surface area contributed by atoms with Crippen molar-refractivity contribution in [3.05, 3.63) is 64.6 Å². The first kappa shape index (κ1) is 19.6. The number of amides is 1. The van der Waals surface area contributed by atoms with Crippen molar-refractivity contribution in [2.75, 3.05) is 20.2 Å². The fourth-order valence-corrected chi connectivity index (χ4v) is 3.16. The summed E-state index contributed by atoms with van der Waals surface area (Å²) in [5.74, 6) is 1.23. The molecule has 1 aliphatic rings. The number of benzene rings is 2. The molecule has 0 unspecified atom stereocenters. The minimum absolute atomic E-state index is 0.0111. The Balaban J connectivity index is 1.76. The summed E-state index contributed by atoms with van der Waals surface area (Å²) in [6, 6.07) is 12.5. The Morgan fingerprint density at radius 1 is 1.14 bits per heavy atom. The smallest absolute Gasteiger partial charge is 0.246 e. The van der Waals surface area contributed by atoms with E-state index in [1.807, 2.05) is 23.1 Å². The molecule has 0 aromatic heterocycles. The maximum absolute atomic E-state index is 12.4. The predicted molar refractivity (Wildman–Crippen MR) is 109 cm³/mol. The highest BCUT2D eigenvalue weighted by atomic mass is 16.5. The third-order valence-corrected chi connectivity index (χ3v) is 4.77. The Hall–Kier alpha value is -3.15. The van der Waals surface area contributed by atoms with Crippen LogP contribution < -0.4 is 9.47 Å².